The predicted octanol–water partition coefficient (Wildman–Crippen LogP) is 3.96. The van der Waals surface area contributed by atoms with Crippen LogP contribution in [0, 0.1) is 23.5 Å². The molecule has 0 aromatic heterocycles. The van der Waals surface area contributed by atoms with Crippen LogP contribution in [-0.4, -0.2) is 43.0 Å². The molecular weight excluding hydrogens is 500 g/mol. The number of carbonyl (C=O) groups excluding carboxylic acids is 2. The third-order valence-corrected chi connectivity index (χ3v) is 8.87. The van der Waals surface area contributed by atoms with Crippen molar-refractivity contribution in [2.75, 3.05) is 6.26 Å². The van der Waals surface area contributed by atoms with E-state index in [1.165, 1.54) is 29.2 Å². The number of hydrogen-bond donors (Lipinski definition) is 1. The zero-order valence-electron chi connectivity index (χ0n) is 19.3. The molecule has 2 aromatic rings. The van der Waals surface area contributed by atoms with Crippen LogP contribution in [0.3, 0.4) is 0 Å². The van der Waals surface area contributed by atoms with Crippen molar-refractivity contribution >= 4 is 21.7 Å². The molecule has 192 valence electrons. The third-order valence-electron chi connectivity index (χ3n) is 7.76. The highest BCUT2D eigenvalue weighted by molar-refractivity contribution is 7.90. The fourth-order valence-corrected chi connectivity index (χ4v) is 6.70. The van der Waals surface area contributed by atoms with Gasteiger partial charge in [-0.05, 0) is 73.4 Å². The number of likely N-dealkylation sites (tertiary alicyclic amines) is 1. The second-order valence-corrected chi connectivity index (χ2v) is 12.0. The minimum atomic E-state index is -3.63. The molecule has 36 heavy (non-hydrogen) atoms. The lowest BCUT2D eigenvalue weighted by molar-refractivity contribution is -0.122. The maximum Gasteiger partial charge on any atom is 0.266 e. The van der Waals surface area contributed by atoms with Crippen molar-refractivity contribution in [1.29, 1.82) is 0 Å². The van der Waals surface area contributed by atoms with E-state index in [-0.39, 0.29) is 34.3 Å². The molecule has 3 aliphatic rings. The number of nitrogens with zero attached hydrogens (tertiary/aromatic N) is 1. The third kappa shape index (κ3) is 3.88. The number of nitrogens with two attached hydrogens (primary N) is 1. The molecule has 2 saturated carbocycles. The van der Waals surface area contributed by atoms with E-state index in [2.05, 4.69) is 0 Å². The van der Waals surface area contributed by atoms with E-state index >= 15 is 4.39 Å². The van der Waals surface area contributed by atoms with E-state index < -0.39 is 62.8 Å². The molecule has 4 atom stereocenters. The highest BCUT2D eigenvalue weighted by atomic mass is 32.2. The van der Waals surface area contributed by atoms with Gasteiger partial charge in [0.25, 0.3) is 12.3 Å². The highest BCUT2D eigenvalue weighted by Crippen LogP contribution is 2.69. The summed E-state index contributed by atoms with van der Waals surface area (Å²) in [5.41, 5.74) is 3.46. The quantitative estimate of drug-likeness (QED) is 0.555. The maximum atomic E-state index is 15.2. The smallest absolute Gasteiger partial charge is 0.266 e. The van der Waals surface area contributed by atoms with Crippen LogP contribution < -0.4 is 5.73 Å². The number of carbonyl (C=O) groups is 2. The Balaban J connectivity index is 1.62. The van der Waals surface area contributed by atoms with Crippen LogP contribution in [-0.2, 0) is 14.6 Å². The number of fused-ring (bicyclic) bond motifs is 1. The molecule has 1 saturated heterocycles. The van der Waals surface area contributed by atoms with Gasteiger partial charge in [0.1, 0.15) is 17.7 Å². The molecule has 0 bridgehead atoms. The Morgan fingerprint density at radius 2 is 1.72 bits per heavy atom. The summed E-state index contributed by atoms with van der Waals surface area (Å²) in [4.78, 5) is 27.4. The molecule has 3 fully saturated rings. The van der Waals surface area contributed by atoms with Crippen molar-refractivity contribution in [3.8, 4) is 0 Å². The largest absolute Gasteiger partial charge is 0.368 e. The fourth-order valence-electron chi connectivity index (χ4n) is 6.03. The average molecular weight is 525 g/mol. The zero-order chi connectivity index (χ0) is 26.2. The first-order valence-electron chi connectivity index (χ1n) is 11.6. The van der Waals surface area contributed by atoms with Crippen molar-refractivity contribution in [3.05, 3.63) is 64.7 Å². The molecule has 2 aliphatic carbocycles. The van der Waals surface area contributed by atoms with Crippen molar-refractivity contribution in [1.82, 2.24) is 4.90 Å². The number of benzene rings is 2. The summed E-state index contributed by atoms with van der Waals surface area (Å²) in [7, 11) is -3.63. The van der Waals surface area contributed by atoms with Gasteiger partial charge in [0.05, 0.1) is 16.0 Å². The van der Waals surface area contributed by atoms with Crippen molar-refractivity contribution < 1.29 is 35.6 Å². The minimum Gasteiger partial charge on any atom is -0.368 e. The number of hydrogen-bond acceptors (Lipinski definition) is 4. The summed E-state index contributed by atoms with van der Waals surface area (Å²) >= 11 is 0. The molecule has 11 heteroatoms. The van der Waals surface area contributed by atoms with E-state index in [1.54, 1.807) is 0 Å². The Kier molecular flexibility index (Phi) is 5.70. The molecule has 2 N–H and O–H groups in total. The van der Waals surface area contributed by atoms with Gasteiger partial charge in [-0.25, -0.2) is 26.0 Å². The predicted molar refractivity (Wildman–Crippen MR) is 121 cm³/mol. The van der Waals surface area contributed by atoms with Crippen LogP contribution in [0.15, 0.2) is 41.3 Å². The molecule has 5 rings (SSSR count). The van der Waals surface area contributed by atoms with Gasteiger partial charge in [-0.15, -0.1) is 0 Å². The number of rotatable bonds is 7. The van der Waals surface area contributed by atoms with E-state index in [0.717, 1.165) is 12.3 Å². The monoisotopic (exact) mass is 524 g/mol. The normalized spacial score (nSPS) is 26.1. The summed E-state index contributed by atoms with van der Waals surface area (Å²) in [6.07, 6.45) is -0.207. The number of sulfone groups is 1. The van der Waals surface area contributed by atoms with Crippen molar-refractivity contribution in [3.63, 3.8) is 0 Å². The van der Waals surface area contributed by atoms with Crippen LogP contribution >= 0.6 is 0 Å². The summed E-state index contributed by atoms with van der Waals surface area (Å²) in [6.45, 7) is 0. The van der Waals surface area contributed by atoms with E-state index in [1.807, 2.05) is 0 Å². The summed E-state index contributed by atoms with van der Waals surface area (Å²) in [5, 5.41) is 0. The molecule has 6 nitrogen and oxygen atoms in total. The molecule has 2 aromatic carbocycles. The van der Waals surface area contributed by atoms with Crippen LogP contribution in [0.4, 0.5) is 17.6 Å². The molecular formula is C25H24F4N2O4S. The Labute approximate surface area is 205 Å². The SMILES string of the molecule is CS(=O)(=O)c1cccc(C(=O)N2C(C(N)=O)CC3CC32[C@@H](c2cc(F)c(C(F)F)cc2F)C2CC2)c1. The molecule has 1 heterocycles. The number of primary amides is 1. The standard InChI is InChI=1S/C25H24F4N2O4S/c1-36(34,35)15-4-2-3-13(7-15)24(33)31-20(23(30)32)8-14-11-25(14,31)21(12-5-6-12)16-9-19(27)17(22(28)29)10-18(16)26/h2-4,7,9-10,12,14,20-22H,5-6,8,11H2,1H3,(H2,30,32)/t14?,20?,21-,25?/m1/s1. The average Bonchev–Trinajstić information content (AvgIpc) is 3.73. The number of halogens is 4. The lowest BCUT2D eigenvalue weighted by Crippen LogP contribution is -2.53. The van der Waals surface area contributed by atoms with Gasteiger partial charge in [0, 0.05) is 17.7 Å². The van der Waals surface area contributed by atoms with Gasteiger partial charge in [0.15, 0.2) is 9.84 Å². The second kappa shape index (κ2) is 8.29. The minimum absolute atomic E-state index is 0.0188. The first-order chi connectivity index (χ1) is 16.9. The Bertz CT molecular complexity index is 1380. The molecule has 0 radical (unpaired) electrons. The number of piperidine rings is 1. The zero-order valence-corrected chi connectivity index (χ0v) is 20.1. The molecule has 2 amide bonds. The first kappa shape index (κ1) is 24.7. The number of alkyl halides is 2. The van der Waals surface area contributed by atoms with Crippen LogP contribution in [0.25, 0.3) is 0 Å². The summed E-state index contributed by atoms with van der Waals surface area (Å²) < 4.78 is 80.2. The summed E-state index contributed by atoms with van der Waals surface area (Å²) in [5.74, 6) is -4.70. The van der Waals surface area contributed by atoms with Crippen LogP contribution in [0.1, 0.15) is 59.5 Å². The van der Waals surface area contributed by atoms with E-state index in [4.69, 9.17) is 5.73 Å². The first-order valence-corrected chi connectivity index (χ1v) is 13.5. The Morgan fingerprint density at radius 1 is 1.08 bits per heavy atom. The van der Waals surface area contributed by atoms with Gasteiger partial charge in [-0.2, -0.15) is 0 Å². The maximum absolute atomic E-state index is 15.2. The Morgan fingerprint density at radius 3 is 2.31 bits per heavy atom. The van der Waals surface area contributed by atoms with E-state index in [9.17, 15) is 31.2 Å². The number of amides is 2. The van der Waals surface area contributed by atoms with Gasteiger partial charge < -0.3 is 10.6 Å². The van der Waals surface area contributed by atoms with Crippen LogP contribution in [0.5, 0.6) is 0 Å². The topological polar surface area (TPSA) is 97.5 Å². The van der Waals surface area contributed by atoms with Gasteiger partial charge in [0.2, 0.25) is 5.91 Å². The van der Waals surface area contributed by atoms with E-state index in [0.29, 0.717) is 25.3 Å². The van der Waals surface area contributed by atoms with Gasteiger partial charge >= 0.3 is 0 Å². The van der Waals surface area contributed by atoms with Crippen molar-refractivity contribution in [2.24, 2.45) is 17.6 Å². The fraction of sp³-hybridized carbons (Fsp3) is 0.440. The van der Waals surface area contributed by atoms with Gasteiger partial charge in [-0.1, -0.05) is 6.07 Å². The molecule has 1 aliphatic heterocycles. The summed E-state index contributed by atoms with van der Waals surface area (Å²) in [6, 6.07) is 5.65. The Hall–Kier alpha value is -2.95. The molecule has 3 unspecified atom stereocenters. The van der Waals surface area contributed by atoms with Gasteiger partial charge in [-0.3, -0.25) is 9.59 Å². The lowest BCUT2D eigenvalue weighted by atomic mass is 9.82. The molecule has 0 spiro atoms. The lowest BCUT2D eigenvalue weighted by Gasteiger charge is -2.39. The second-order valence-electron chi connectivity index (χ2n) is 10.0. The highest BCUT2D eigenvalue weighted by Gasteiger charge is 2.73. The van der Waals surface area contributed by atoms with Crippen molar-refractivity contribution in [2.45, 2.75) is 54.5 Å². The van der Waals surface area contributed by atoms with Crippen LogP contribution in [0.2, 0.25) is 0 Å².